The van der Waals surface area contributed by atoms with Gasteiger partial charge in [-0.3, -0.25) is 9.78 Å². The molecule has 0 spiro atoms. The second kappa shape index (κ2) is 8.41. The predicted molar refractivity (Wildman–Crippen MR) is 101 cm³/mol. The predicted octanol–water partition coefficient (Wildman–Crippen LogP) is 3.29. The second-order valence-corrected chi connectivity index (χ2v) is 5.93. The summed E-state index contributed by atoms with van der Waals surface area (Å²) in [6.07, 6.45) is 1.52. The molecule has 0 saturated heterocycles. The zero-order valence-corrected chi connectivity index (χ0v) is 15.0. The molecule has 1 heterocycles. The van der Waals surface area contributed by atoms with E-state index in [4.69, 9.17) is 16.3 Å². The summed E-state index contributed by atoms with van der Waals surface area (Å²) in [6, 6.07) is 11.5. The summed E-state index contributed by atoms with van der Waals surface area (Å²) in [5.74, 6) is 0.239. The van der Waals surface area contributed by atoms with E-state index in [1.54, 1.807) is 37.3 Å². The van der Waals surface area contributed by atoms with E-state index >= 15 is 0 Å². The van der Waals surface area contributed by atoms with Gasteiger partial charge in [0.2, 0.25) is 5.95 Å². The average molecular weight is 388 g/mol. The van der Waals surface area contributed by atoms with Gasteiger partial charge in [-0.15, -0.1) is 10.2 Å². The van der Waals surface area contributed by atoms with Crippen LogP contribution in [0.5, 0.6) is 5.75 Å². The number of nitrogens with one attached hydrogen (secondary N) is 2. The van der Waals surface area contributed by atoms with Crippen LogP contribution in [0.1, 0.15) is 16.8 Å². The Morgan fingerprint density at radius 2 is 2.11 bits per heavy atom. The lowest BCUT2D eigenvalue weighted by Crippen LogP contribution is -2.15. The highest BCUT2D eigenvalue weighted by molar-refractivity contribution is 6.31. The van der Waals surface area contributed by atoms with Gasteiger partial charge in [0.25, 0.3) is 5.56 Å². The summed E-state index contributed by atoms with van der Waals surface area (Å²) in [4.78, 5) is 13.9. The molecule has 9 heteroatoms. The number of benzene rings is 2. The topological polar surface area (TPSA) is 92.3 Å². The minimum atomic E-state index is -0.419. The third kappa shape index (κ3) is 4.89. The molecule has 2 aromatic carbocycles. The van der Waals surface area contributed by atoms with Crippen molar-refractivity contribution in [3.8, 4) is 5.75 Å². The van der Waals surface area contributed by atoms with E-state index in [1.807, 2.05) is 0 Å². The number of hydrogen-bond donors (Lipinski definition) is 2. The number of aromatic nitrogens is 3. The van der Waals surface area contributed by atoms with E-state index in [2.05, 4.69) is 25.7 Å². The lowest BCUT2D eigenvalue weighted by Gasteiger charge is -2.09. The summed E-state index contributed by atoms with van der Waals surface area (Å²) in [6.45, 7) is 1.56. The smallest absolute Gasteiger partial charge is 0.274 e. The number of nitrogens with zero attached hydrogens (tertiary/aromatic N) is 3. The Labute approximate surface area is 158 Å². The minimum absolute atomic E-state index is 0.00451. The molecule has 0 aliphatic rings. The summed E-state index contributed by atoms with van der Waals surface area (Å²) in [5, 5.41) is 11.8. The fraction of sp³-hybridized carbons (Fsp3) is 0.111. The maximum absolute atomic E-state index is 13.8. The van der Waals surface area contributed by atoms with E-state index in [0.29, 0.717) is 16.3 Å². The van der Waals surface area contributed by atoms with Crippen molar-refractivity contribution in [3.63, 3.8) is 0 Å². The number of anilines is 1. The lowest BCUT2D eigenvalue weighted by molar-refractivity contribution is 0.300. The van der Waals surface area contributed by atoms with E-state index < -0.39 is 5.82 Å². The molecule has 1 aromatic heterocycles. The van der Waals surface area contributed by atoms with Gasteiger partial charge < -0.3 is 4.74 Å². The van der Waals surface area contributed by atoms with Crippen LogP contribution in [0, 0.1) is 12.7 Å². The monoisotopic (exact) mass is 387 g/mol. The SMILES string of the molecule is Cc1nnc(N/N=C/c2cccc(OCc3c(F)cccc3Cl)c2)[nH]c1=O. The van der Waals surface area contributed by atoms with E-state index in [0.717, 1.165) is 5.56 Å². The van der Waals surface area contributed by atoms with Crippen LogP contribution in [0.25, 0.3) is 0 Å². The molecule has 0 bridgehead atoms. The number of H-pyrrole nitrogens is 1. The number of ether oxygens (including phenoxy) is 1. The standard InChI is InChI=1S/C18H15ClFN5O2/c1-11-17(26)22-18(25-23-11)24-21-9-12-4-2-5-13(8-12)27-10-14-15(19)6-3-7-16(14)20/h2-9H,10H2,1H3,(H2,22,24,25,26)/b21-9+. The van der Waals surface area contributed by atoms with Crippen LogP contribution in [0.2, 0.25) is 5.02 Å². The first-order valence-electron chi connectivity index (χ1n) is 7.91. The van der Waals surface area contributed by atoms with E-state index in [1.165, 1.54) is 18.3 Å². The molecule has 3 rings (SSSR count). The molecule has 2 N–H and O–H groups in total. The van der Waals surface area contributed by atoms with Gasteiger partial charge in [0.15, 0.2) is 0 Å². The van der Waals surface area contributed by atoms with Crippen LogP contribution in [-0.2, 0) is 6.61 Å². The minimum Gasteiger partial charge on any atom is -0.489 e. The molecule has 0 saturated carbocycles. The third-order valence-electron chi connectivity index (χ3n) is 3.55. The molecule has 27 heavy (non-hydrogen) atoms. The highest BCUT2D eigenvalue weighted by atomic mass is 35.5. The van der Waals surface area contributed by atoms with Gasteiger partial charge in [-0.2, -0.15) is 5.10 Å². The molecular weight excluding hydrogens is 373 g/mol. The number of aromatic amines is 1. The van der Waals surface area contributed by atoms with Crippen molar-refractivity contribution in [1.82, 2.24) is 15.2 Å². The quantitative estimate of drug-likeness (QED) is 0.500. The normalized spacial score (nSPS) is 10.9. The Bertz CT molecular complexity index is 1020. The van der Waals surface area contributed by atoms with Crippen LogP contribution in [0.3, 0.4) is 0 Å². The molecule has 0 amide bonds. The fourth-order valence-corrected chi connectivity index (χ4v) is 2.34. The van der Waals surface area contributed by atoms with Crippen molar-refractivity contribution in [1.29, 1.82) is 0 Å². The summed E-state index contributed by atoms with van der Waals surface area (Å²) in [5.41, 5.74) is 3.53. The first-order chi connectivity index (χ1) is 13.0. The van der Waals surface area contributed by atoms with Crippen LogP contribution in [-0.4, -0.2) is 21.4 Å². The Morgan fingerprint density at radius 3 is 2.89 bits per heavy atom. The molecule has 0 aliphatic heterocycles. The van der Waals surface area contributed by atoms with Crippen molar-refractivity contribution in [2.24, 2.45) is 5.10 Å². The lowest BCUT2D eigenvalue weighted by atomic mass is 10.2. The zero-order chi connectivity index (χ0) is 19.2. The molecule has 7 nitrogen and oxygen atoms in total. The van der Waals surface area contributed by atoms with Crippen LogP contribution < -0.4 is 15.7 Å². The number of rotatable bonds is 6. The fourth-order valence-electron chi connectivity index (χ4n) is 2.12. The largest absolute Gasteiger partial charge is 0.489 e. The van der Waals surface area contributed by atoms with Crippen molar-refractivity contribution in [3.05, 3.63) is 80.5 Å². The van der Waals surface area contributed by atoms with Gasteiger partial charge in [0.05, 0.1) is 11.2 Å². The van der Waals surface area contributed by atoms with Gasteiger partial charge in [0.1, 0.15) is 23.9 Å². The van der Waals surface area contributed by atoms with Gasteiger partial charge in [-0.05, 0) is 36.8 Å². The molecule has 0 aliphatic carbocycles. The maximum atomic E-state index is 13.8. The van der Waals surface area contributed by atoms with Gasteiger partial charge in [-0.1, -0.05) is 29.8 Å². The first-order valence-corrected chi connectivity index (χ1v) is 8.29. The summed E-state index contributed by atoms with van der Waals surface area (Å²) in [7, 11) is 0. The van der Waals surface area contributed by atoms with Crippen molar-refractivity contribution >= 4 is 23.8 Å². The zero-order valence-electron chi connectivity index (χ0n) is 14.2. The Hall–Kier alpha value is -3.26. The van der Waals surface area contributed by atoms with Crippen LogP contribution in [0.4, 0.5) is 10.3 Å². The number of aryl methyl sites for hydroxylation is 1. The second-order valence-electron chi connectivity index (χ2n) is 5.52. The van der Waals surface area contributed by atoms with Gasteiger partial charge >= 0.3 is 0 Å². The van der Waals surface area contributed by atoms with Gasteiger partial charge in [0, 0.05) is 5.56 Å². The Morgan fingerprint density at radius 1 is 1.30 bits per heavy atom. The van der Waals surface area contributed by atoms with Crippen molar-refractivity contribution in [2.45, 2.75) is 13.5 Å². The molecule has 138 valence electrons. The molecule has 0 atom stereocenters. The van der Waals surface area contributed by atoms with E-state index in [9.17, 15) is 9.18 Å². The number of hydrazone groups is 1. The maximum Gasteiger partial charge on any atom is 0.274 e. The molecule has 3 aromatic rings. The molecule has 0 unspecified atom stereocenters. The number of halogens is 2. The van der Waals surface area contributed by atoms with E-state index in [-0.39, 0.29) is 23.8 Å². The van der Waals surface area contributed by atoms with Crippen LogP contribution in [0.15, 0.2) is 52.4 Å². The van der Waals surface area contributed by atoms with Crippen molar-refractivity contribution in [2.75, 3.05) is 5.43 Å². The average Bonchev–Trinajstić information content (AvgIpc) is 2.65. The Balaban J connectivity index is 1.64. The third-order valence-corrected chi connectivity index (χ3v) is 3.90. The van der Waals surface area contributed by atoms with Crippen molar-refractivity contribution < 1.29 is 9.13 Å². The highest BCUT2D eigenvalue weighted by Gasteiger charge is 2.07. The summed E-state index contributed by atoms with van der Waals surface area (Å²) < 4.78 is 19.4. The molecule has 0 fully saturated rings. The van der Waals surface area contributed by atoms with Gasteiger partial charge in [-0.25, -0.2) is 9.82 Å². The number of hydrogen-bond acceptors (Lipinski definition) is 6. The summed E-state index contributed by atoms with van der Waals surface area (Å²) >= 11 is 5.99. The first kappa shape index (κ1) is 18.5. The highest BCUT2D eigenvalue weighted by Crippen LogP contribution is 2.21. The molecular formula is C18H15ClFN5O2. The Kier molecular flexibility index (Phi) is 5.77. The molecule has 0 radical (unpaired) electrons. The van der Waals surface area contributed by atoms with Crippen LogP contribution >= 0.6 is 11.6 Å².